The number of halogens is 7. The lowest BCUT2D eigenvalue weighted by Crippen LogP contribution is -2.59. The molecule has 1 saturated carbocycles. The lowest BCUT2D eigenvalue weighted by atomic mass is 9.81. The van der Waals surface area contributed by atoms with E-state index in [0.29, 0.717) is 0 Å². The van der Waals surface area contributed by atoms with Crippen molar-refractivity contribution in [1.82, 2.24) is 25.1 Å². The van der Waals surface area contributed by atoms with Gasteiger partial charge in [-0.15, -0.1) is 10.2 Å². The number of imidazole rings is 1. The molecule has 1 unspecified atom stereocenters. The van der Waals surface area contributed by atoms with Crippen LogP contribution in [0.15, 0.2) is 24.3 Å². The Morgan fingerprint density at radius 2 is 1.74 bits per heavy atom. The maximum Gasteiger partial charge on any atom is 0.282 e. The van der Waals surface area contributed by atoms with Gasteiger partial charge in [-0.2, -0.15) is 0 Å². The second kappa shape index (κ2) is 9.94. The monoisotopic (exact) mass is 558 g/mol. The minimum Gasteiger partial charge on any atom is -0.358 e. The van der Waals surface area contributed by atoms with E-state index >= 15 is 4.39 Å². The summed E-state index contributed by atoms with van der Waals surface area (Å²) in [6, 6.07) is 4.49. The van der Waals surface area contributed by atoms with E-state index < -0.39 is 60.7 Å². The van der Waals surface area contributed by atoms with Crippen molar-refractivity contribution in [1.29, 1.82) is 0 Å². The Balaban J connectivity index is 1.44. The van der Waals surface area contributed by atoms with Crippen LogP contribution in [0.5, 0.6) is 0 Å². The summed E-state index contributed by atoms with van der Waals surface area (Å²) < 4.78 is 95.5. The Morgan fingerprint density at radius 3 is 2.33 bits per heavy atom. The Bertz CT molecular complexity index is 1340. The summed E-state index contributed by atoms with van der Waals surface area (Å²) in [6.45, 7) is -0.0198. The van der Waals surface area contributed by atoms with Crippen LogP contribution in [0, 0.1) is 11.7 Å². The van der Waals surface area contributed by atoms with Crippen LogP contribution in [0.25, 0.3) is 11.0 Å². The predicted molar refractivity (Wildman–Crippen MR) is 126 cm³/mol. The summed E-state index contributed by atoms with van der Waals surface area (Å²) in [5.41, 5.74) is -0.383. The van der Waals surface area contributed by atoms with E-state index in [-0.39, 0.29) is 59.8 Å². The largest absolute Gasteiger partial charge is 0.358 e. The van der Waals surface area contributed by atoms with Crippen molar-refractivity contribution in [3.05, 3.63) is 47.2 Å². The van der Waals surface area contributed by atoms with Crippen molar-refractivity contribution in [2.75, 3.05) is 18.4 Å². The van der Waals surface area contributed by atoms with Gasteiger partial charge in [0.05, 0.1) is 30.6 Å². The van der Waals surface area contributed by atoms with Gasteiger partial charge in [-0.3, -0.25) is 4.79 Å². The number of amides is 1. The third-order valence-corrected chi connectivity index (χ3v) is 7.37. The van der Waals surface area contributed by atoms with Crippen LogP contribution < -0.4 is 5.32 Å². The number of carbonyl (C=O) groups is 1. The van der Waals surface area contributed by atoms with Gasteiger partial charge < -0.3 is 15.2 Å². The molecule has 1 aliphatic heterocycles. The normalized spacial score (nSPS) is 20.6. The lowest BCUT2D eigenvalue weighted by molar-refractivity contribution is -0.166. The number of benzene rings is 1. The molecule has 7 nitrogen and oxygen atoms in total. The molecule has 0 radical (unpaired) electrons. The molecule has 1 amide bonds. The predicted octanol–water partition coefficient (Wildman–Crippen LogP) is 5.99. The number of H-pyrrole nitrogens is 1. The molecule has 2 fully saturated rings. The first-order valence-electron chi connectivity index (χ1n) is 12.4. The fourth-order valence-electron chi connectivity index (χ4n) is 5.13. The first kappa shape index (κ1) is 27.1. The summed E-state index contributed by atoms with van der Waals surface area (Å²) in [6.07, 6.45) is -3.31. The fourth-order valence-corrected chi connectivity index (χ4v) is 5.13. The zero-order chi connectivity index (χ0) is 28.1. The molecule has 1 saturated heterocycles. The minimum atomic E-state index is -2.95. The fraction of sp³-hybridized carbons (Fsp3) is 0.520. The molecule has 3 heterocycles. The van der Waals surface area contributed by atoms with Crippen LogP contribution in [0.2, 0.25) is 0 Å². The molecule has 3 aromatic rings. The molecule has 0 spiro atoms. The average Bonchev–Trinajstić information content (AvgIpc) is 3.31. The number of nitrogens with one attached hydrogen (secondary N) is 2. The highest BCUT2D eigenvalue weighted by Gasteiger charge is 2.47. The quantitative estimate of drug-likeness (QED) is 0.348. The van der Waals surface area contributed by atoms with E-state index in [1.54, 1.807) is 0 Å². The topological polar surface area (TPSA) is 86.8 Å². The number of fused-ring (bicyclic) bond motifs is 1. The van der Waals surface area contributed by atoms with Crippen molar-refractivity contribution < 1.29 is 35.5 Å². The molecule has 2 atom stereocenters. The lowest BCUT2D eigenvalue weighted by Gasteiger charge is -2.40. The smallest absolute Gasteiger partial charge is 0.282 e. The summed E-state index contributed by atoms with van der Waals surface area (Å²) in [5.74, 6) is -8.31. The second-order valence-corrected chi connectivity index (χ2v) is 10.2. The molecule has 2 aliphatic rings. The van der Waals surface area contributed by atoms with E-state index in [1.165, 1.54) is 25.1 Å². The number of rotatable bonds is 7. The maximum absolute atomic E-state index is 15.6. The van der Waals surface area contributed by atoms with Crippen LogP contribution in [0.1, 0.15) is 68.1 Å². The van der Waals surface area contributed by atoms with E-state index in [4.69, 9.17) is 0 Å². The van der Waals surface area contributed by atoms with Gasteiger partial charge in [0, 0.05) is 18.4 Å². The summed E-state index contributed by atoms with van der Waals surface area (Å²) in [7, 11) is 0. The highest BCUT2D eigenvalue weighted by Crippen LogP contribution is 2.42. The average molecular weight is 559 g/mol. The summed E-state index contributed by atoms with van der Waals surface area (Å²) in [4.78, 5) is 20.9. The van der Waals surface area contributed by atoms with E-state index in [1.807, 2.05) is 0 Å². The van der Waals surface area contributed by atoms with E-state index in [0.717, 1.165) is 11.0 Å². The van der Waals surface area contributed by atoms with Crippen LogP contribution in [0.3, 0.4) is 0 Å². The zero-order valence-electron chi connectivity index (χ0n) is 20.7. The van der Waals surface area contributed by atoms with Gasteiger partial charge in [0.2, 0.25) is 11.8 Å². The van der Waals surface area contributed by atoms with E-state index in [9.17, 15) is 31.1 Å². The molecule has 14 heteroatoms. The van der Waals surface area contributed by atoms with Gasteiger partial charge in [0.15, 0.2) is 5.82 Å². The van der Waals surface area contributed by atoms with Crippen LogP contribution in [0.4, 0.5) is 36.6 Å². The number of nitrogens with zero attached hydrogens (tertiary/aromatic N) is 4. The van der Waals surface area contributed by atoms with Gasteiger partial charge >= 0.3 is 0 Å². The van der Waals surface area contributed by atoms with Gasteiger partial charge in [-0.25, -0.2) is 35.7 Å². The van der Waals surface area contributed by atoms with Crippen molar-refractivity contribution >= 4 is 22.8 Å². The van der Waals surface area contributed by atoms with Gasteiger partial charge in [-0.05, 0) is 43.9 Å². The Morgan fingerprint density at radius 1 is 1.05 bits per heavy atom. The standard InChI is InChI=1S/C25H25F7N6O/c1-12(23(39)38-10-25(31,32)11-38)14-2-3-15-20(18(14)26)35-22(33-15)19(13-6-8-24(29,30)9-7-13)34-17-5-4-16(21(27)28)36-37-17/h2-5,12-13,19,21H,6-11H2,1H3,(H,33,35)(H,34,37)/t12?,19-/m0/s1. The first-order chi connectivity index (χ1) is 18.3. The molecular weight excluding hydrogens is 533 g/mol. The summed E-state index contributed by atoms with van der Waals surface area (Å²) in [5, 5.41) is 10.3. The summed E-state index contributed by atoms with van der Waals surface area (Å²) >= 11 is 0. The van der Waals surface area contributed by atoms with Gasteiger partial charge in [0.25, 0.3) is 12.3 Å². The molecule has 1 aliphatic carbocycles. The SMILES string of the molecule is CC(C(=O)N1CC(F)(F)C1)c1ccc2[nH]c([C@@H](Nc3ccc(C(F)F)nn3)C3CCC(F)(F)CC3)nc2c1F. The highest BCUT2D eigenvalue weighted by atomic mass is 19.3. The number of hydrogen-bond acceptors (Lipinski definition) is 5. The van der Waals surface area contributed by atoms with E-state index in [2.05, 4.69) is 25.5 Å². The number of aromatic nitrogens is 4. The highest BCUT2D eigenvalue weighted by molar-refractivity contribution is 5.86. The van der Waals surface area contributed by atoms with Crippen LogP contribution >= 0.6 is 0 Å². The second-order valence-electron chi connectivity index (χ2n) is 10.2. The van der Waals surface area contributed by atoms with Crippen LogP contribution in [-0.2, 0) is 4.79 Å². The first-order valence-corrected chi connectivity index (χ1v) is 12.4. The number of alkyl halides is 6. The van der Waals surface area contributed by atoms with Gasteiger partial charge in [-0.1, -0.05) is 6.07 Å². The third kappa shape index (κ3) is 5.50. The number of anilines is 1. The Labute approximate surface area is 218 Å². The third-order valence-electron chi connectivity index (χ3n) is 7.37. The molecule has 2 N–H and O–H groups in total. The number of aromatic amines is 1. The van der Waals surface area contributed by atoms with Crippen LogP contribution in [-0.4, -0.2) is 55.9 Å². The van der Waals surface area contributed by atoms with Crippen molar-refractivity contribution in [2.45, 2.75) is 62.8 Å². The molecule has 1 aromatic carbocycles. The molecular formula is C25H25F7N6O. The maximum atomic E-state index is 15.6. The number of likely N-dealkylation sites (tertiary alicyclic amines) is 1. The zero-order valence-corrected chi connectivity index (χ0v) is 20.7. The number of hydrogen-bond donors (Lipinski definition) is 2. The molecule has 5 rings (SSSR count). The van der Waals surface area contributed by atoms with Gasteiger partial charge in [0.1, 0.15) is 22.9 Å². The molecule has 210 valence electrons. The number of carbonyl (C=O) groups excluding carboxylic acids is 1. The minimum absolute atomic E-state index is 0.0176. The molecule has 39 heavy (non-hydrogen) atoms. The Kier molecular flexibility index (Phi) is 6.91. The molecule has 2 aromatic heterocycles. The molecule has 0 bridgehead atoms. The Hall–Kier alpha value is -3.45. The van der Waals surface area contributed by atoms with Crippen molar-refractivity contribution in [2.24, 2.45) is 5.92 Å². The van der Waals surface area contributed by atoms with Crippen molar-refractivity contribution in [3.63, 3.8) is 0 Å². The van der Waals surface area contributed by atoms with Crippen molar-refractivity contribution in [3.8, 4) is 0 Å².